The summed E-state index contributed by atoms with van der Waals surface area (Å²) < 4.78 is 1.08. The van der Waals surface area contributed by atoms with Crippen LogP contribution in [0.25, 0.3) is 0 Å². The van der Waals surface area contributed by atoms with Crippen molar-refractivity contribution in [3.05, 3.63) is 51.7 Å². The van der Waals surface area contributed by atoms with Crippen LogP contribution in [0.5, 0.6) is 0 Å². The predicted molar refractivity (Wildman–Crippen MR) is 90.1 cm³/mol. The van der Waals surface area contributed by atoms with E-state index in [1.165, 1.54) is 0 Å². The van der Waals surface area contributed by atoms with E-state index in [4.69, 9.17) is 0 Å². The average molecular weight is 381 g/mol. The molecule has 0 fully saturated rings. The smallest absolute Gasteiger partial charge is 0.257 e. The minimum absolute atomic E-state index is 0.151. The third-order valence-corrected chi connectivity index (χ3v) is 3.34. The number of hydrogen-bond donors (Lipinski definition) is 2. The number of nitrogens with one attached hydrogen (secondary N) is 2. The Hall–Kier alpha value is -1.63. The molecule has 2 aromatic rings. The summed E-state index contributed by atoms with van der Waals surface area (Å²) in [5.74, 6) is 0.638. The van der Waals surface area contributed by atoms with Gasteiger partial charge in [-0.1, -0.05) is 13.0 Å². The maximum atomic E-state index is 12.1. The number of nitrogens with zero attached hydrogens (tertiary/aromatic N) is 1. The van der Waals surface area contributed by atoms with Crippen LogP contribution in [0.1, 0.15) is 23.7 Å². The van der Waals surface area contributed by atoms with Gasteiger partial charge in [-0.05, 0) is 59.3 Å². The van der Waals surface area contributed by atoms with Crippen molar-refractivity contribution in [2.24, 2.45) is 0 Å². The highest BCUT2D eigenvalue weighted by Gasteiger charge is 2.06. The van der Waals surface area contributed by atoms with Gasteiger partial charge in [0.05, 0.1) is 5.56 Å². The normalized spacial score (nSPS) is 10.1. The SMILES string of the molecule is CCCNc1ccc(C(=O)Nc2cccc(I)c2)cn1. The zero-order valence-electron chi connectivity index (χ0n) is 11.2. The van der Waals surface area contributed by atoms with Crippen LogP contribution in [0.2, 0.25) is 0 Å². The molecule has 5 heteroatoms. The fourth-order valence-corrected chi connectivity index (χ4v) is 2.20. The lowest BCUT2D eigenvalue weighted by atomic mass is 10.2. The molecule has 4 nitrogen and oxygen atoms in total. The van der Waals surface area contributed by atoms with Crippen LogP contribution in [0, 0.1) is 3.57 Å². The Morgan fingerprint density at radius 1 is 1.30 bits per heavy atom. The second kappa shape index (κ2) is 7.23. The number of hydrogen-bond acceptors (Lipinski definition) is 3. The predicted octanol–water partition coefficient (Wildman–Crippen LogP) is 3.76. The molecule has 2 N–H and O–H groups in total. The summed E-state index contributed by atoms with van der Waals surface area (Å²) in [4.78, 5) is 16.3. The van der Waals surface area contributed by atoms with E-state index in [1.807, 2.05) is 30.3 Å². The highest BCUT2D eigenvalue weighted by atomic mass is 127. The number of halogens is 1. The molecule has 0 aliphatic carbocycles. The van der Waals surface area contributed by atoms with E-state index in [2.05, 4.69) is 45.1 Å². The molecule has 0 aliphatic rings. The molecule has 0 saturated carbocycles. The molecule has 1 aromatic heterocycles. The third kappa shape index (κ3) is 4.19. The van der Waals surface area contributed by atoms with Gasteiger partial charge in [0.15, 0.2) is 0 Å². The second-order valence-corrected chi connectivity index (χ2v) is 5.57. The molecule has 20 heavy (non-hydrogen) atoms. The molecule has 0 atom stereocenters. The summed E-state index contributed by atoms with van der Waals surface area (Å²) in [6.07, 6.45) is 2.62. The van der Waals surface area contributed by atoms with Gasteiger partial charge >= 0.3 is 0 Å². The topological polar surface area (TPSA) is 54.0 Å². The van der Waals surface area contributed by atoms with Gasteiger partial charge in [0, 0.05) is 22.0 Å². The minimum Gasteiger partial charge on any atom is -0.370 e. The van der Waals surface area contributed by atoms with Crippen molar-refractivity contribution in [2.75, 3.05) is 17.2 Å². The number of amides is 1. The maximum absolute atomic E-state index is 12.1. The van der Waals surface area contributed by atoms with Crippen molar-refractivity contribution in [1.82, 2.24) is 4.98 Å². The van der Waals surface area contributed by atoms with Crippen LogP contribution < -0.4 is 10.6 Å². The highest BCUT2D eigenvalue weighted by molar-refractivity contribution is 14.1. The van der Waals surface area contributed by atoms with E-state index in [1.54, 1.807) is 12.3 Å². The lowest BCUT2D eigenvalue weighted by Crippen LogP contribution is -2.12. The van der Waals surface area contributed by atoms with Crippen LogP contribution in [-0.4, -0.2) is 17.4 Å². The van der Waals surface area contributed by atoms with Crippen LogP contribution >= 0.6 is 22.6 Å². The number of carbonyl (C=O) groups excluding carboxylic acids is 1. The second-order valence-electron chi connectivity index (χ2n) is 4.32. The van der Waals surface area contributed by atoms with Crippen molar-refractivity contribution in [3.8, 4) is 0 Å². The van der Waals surface area contributed by atoms with Crippen LogP contribution in [-0.2, 0) is 0 Å². The van der Waals surface area contributed by atoms with E-state index in [0.717, 1.165) is 28.0 Å². The highest BCUT2D eigenvalue weighted by Crippen LogP contribution is 2.14. The molecule has 1 heterocycles. The molecule has 1 amide bonds. The van der Waals surface area contributed by atoms with Crippen LogP contribution in [0.15, 0.2) is 42.6 Å². The summed E-state index contributed by atoms with van der Waals surface area (Å²) in [5.41, 5.74) is 1.33. The fourth-order valence-electron chi connectivity index (χ4n) is 1.66. The van der Waals surface area contributed by atoms with Gasteiger partial charge in [-0.2, -0.15) is 0 Å². The van der Waals surface area contributed by atoms with Gasteiger partial charge in [0.25, 0.3) is 5.91 Å². The maximum Gasteiger partial charge on any atom is 0.257 e. The van der Waals surface area contributed by atoms with E-state index in [9.17, 15) is 4.79 Å². The molecule has 0 radical (unpaired) electrons. The molecular formula is C15H16IN3O. The number of rotatable bonds is 5. The molecule has 0 bridgehead atoms. The Bertz CT molecular complexity index is 584. The Balaban J connectivity index is 2.02. The number of carbonyl (C=O) groups is 1. The number of anilines is 2. The summed E-state index contributed by atoms with van der Waals surface area (Å²) in [6.45, 7) is 2.97. The van der Waals surface area contributed by atoms with Crippen LogP contribution in [0.4, 0.5) is 11.5 Å². The molecule has 1 aromatic carbocycles. The third-order valence-electron chi connectivity index (χ3n) is 2.66. The minimum atomic E-state index is -0.151. The number of pyridine rings is 1. The Kier molecular flexibility index (Phi) is 5.34. The van der Waals surface area contributed by atoms with Crippen molar-refractivity contribution >= 4 is 40.0 Å². The Labute approximate surface area is 132 Å². The quantitative estimate of drug-likeness (QED) is 0.776. The van der Waals surface area contributed by atoms with Crippen molar-refractivity contribution in [3.63, 3.8) is 0 Å². The summed E-state index contributed by atoms with van der Waals surface area (Å²) in [5, 5.41) is 6.03. The monoisotopic (exact) mass is 381 g/mol. The van der Waals surface area contributed by atoms with Gasteiger partial charge < -0.3 is 10.6 Å². The zero-order chi connectivity index (χ0) is 14.4. The first-order chi connectivity index (χ1) is 9.69. The van der Waals surface area contributed by atoms with Gasteiger partial charge in [0.1, 0.15) is 5.82 Å². The van der Waals surface area contributed by atoms with E-state index >= 15 is 0 Å². The van der Waals surface area contributed by atoms with Gasteiger partial charge in [-0.3, -0.25) is 4.79 Å². The first-order valence-corrected chi connectivity index (χ1v) is 7.54. The molecular weight excluding hydrogens is 365 g/mol. The first-order valence-electron chi connectivity index (χ1n) is 6.46. The summed E-state index contributed by atoms with van der Waals surface area (Å²) in [7, 11) is 0. The largest absolute Gasteiger partial charge is 0.370 e. The molecule has 2 rings (SSSR count). The van der Waals surface area contributed by atoms with Crippen molar-refractivity contribution in [2.45, 2.75) is 13.3 Å². The van der Waals surface area contributed by atoms with Crippen molar-refractivity contribution in [1.29, 1.82) is 0 Å². The van der Waals surface area contributed by atoms with Gasteiger partial charge in [-0.15, -0.1) is 0 Å². The molecule has 104 valence electrons. The lowest BCUT2D eigenvalue weighted by molar-refractivity contribution is 0.102. The van der Waals surface area contributed by atoms with Gasteiger partial charge in [0.2, 0.25) is 0 Å². The fraction of sp³-hybridized carbons (Fsp3) is 0.200. The molecule has 0 spiro atoms. The molecule has 0 saturated heterocycles. The number of benzene rings is 1. The molecule has 0 aliphatic heterocycles. The standard InChI is InChI=1S/C15H16IN3O/c1-2-8-17-14-7-6-11(10-18-14)15(20)19-13-5-3-4-12(16)9-13/h3-7,9-10H,2,8H2,1H3,(H,17,18)(H,19,20). The van der Waals surface area contributed by atoms with E-state index in [0.29, 0.717) is 5.56 Å². The zero-order valence-corrected chi connectivity index (χ0v) is 13.3. The van der Waals surface area contributed by atoms with Gasteiger partial charge in [-0.25, -0.2) is 4.98 Å². The van der Waals surface area contributed by atoms with E-state index in [-0.39, 0.29) is 5.91 Å². The molecule has 0 unspecified atom stereocenters. The lowest BCUT2D eigenvalue weighted by Gasteiger charge is -2.07. The Morgan fingerprint density at radius 2 is 2.15 bits per heavy atom. The van der Waals surface area contributed by atoms with Crippen LogP contribution in [0.3, 0.4) is 0 Å². The summed E-state index contributed by atoms with van der Waals surface area (Å²) in [6, 6.07) is 11.3. The van der Waals surface area contributed by atoms with Crippen molar-refractivity contribution < 1.29 is 4.79 Å². The average Bonchev–Trinajstić information content (AvgIpc) is 2.45. The summed E-state index contributed by atoms with van der Waals surface area (Å²) >= 11 is 2.21. The first kappa shape index (κ1) is 14.8. The van der Waals surface area contributed by atoms with E-state index < -0.39 is 0 Å². The Morgan fingerprint density at radius 3 is 2.80 bits per heavy atom. The number of aromatic nitrogens is 1.